The van der Waals surface area contributed by atoms with E-state index in [0.29, 0.717) is 0 Å². The van der Waals surface area contributed by atoms with Crippen molar-refractivity contribution in [1.29, 1.82) is 0 Å². The summed E-state index contributed by atoms with van der Waals surface area (Å²) in [6.45, 7) is 0.111. The Hall–Kier alpha value is -1.54. The molecule has 100 valence electrons. The van der Waals surface area contributed by atoms with Gasteiger partial charge in [0.05, 0.1) is 6.61 Å². The van der Waals surface area contributed by atoms with Gasteiger partial charge in [-0.1, -0.05) is 36.8 Å². The first-order valence-electron chi connectivity index (χ1n) is 7.10. The average Bonchev–Trinajstić information content (AvgIpc) is 2.48. The molecule has 0 heterocycles. The molecule has 0 unspecified atom stereocenters. The maximum Gasteiger partial charge on any atom is 0.132 e. The van der Waals surface area contributed by atoms with Crippen molar-refractivity contribution in [2.24, 2.45) is 0 Å². The molecule has 2 aromatic rings. The Labute approximate surface area is 114 Å². The molecule has 1 fully saturated rings. The molecule has 0 atom stereocenters. The molecule has 2 aromatic carbocycles. The summed E-state index contributed by atoms with van der Waals surface area (Å²) in [6, 6.07) is 14.4. The van der Waals surface area contributed by atoms with Crippen LogP contribution >= 0.6 is 0 Å². The van der Waals surface area contributed by atoms with E-state index in [2.05, 4.69) is 24.3 Å². The Morgan fingerprint density at radius 2 is 1.68 bits per heavy atom. The number of hydrogen-bond acceptors (Lipinski definition) is 2. The summed E-state index contributed by atoms with van der Waals surface area (Å²) >= 11 is 0. The largest absolute Gasteiger partial charge is 0.485 e. The zero-order chi connectivity index (χ0) is 13.1. The maximum atomic E-state index is 9.69. The maximum absolute atomic E-state index is 9.69. The third kappa shape index (κ3) is 2.59. The summed E-state index contributed by atoms with van der Waals surface area (Å²) < 4.78 is 6.15. The van der Waals surface area contributed by atoms with Gasteiger partial charge >= 0.3 is 0 Å². The van der Waals surface area contributed by atoms with Crippen molar-refractivity contribution >= 4 is 10.8 Å². The van der Waals surface area contributed by atoms with E-state index in [1.54, 1.807) is 0 Å². The lowest BCUT2D eigenvalue weighted by atomic mass is 9.85. The van der Waals surface area contributed by atoms with Gasteiger partial charge in [-0.2, -0.15) is 0 Å². The minimum Gasteiger partial charge on any atom is -0.485 e. The van der Waals surface area contributed by atoms with Crippen molar-refractivity contribution in [3.63, 3.8) is 0 Å². The number of benzene rings is 2. The van der Waals surface area contributed by atoms with Crippen LogP contribution in [0.3, 0.4) is 0 Å². The molecule has 0 aromatic heterocycles. The van der Waals surface area contributed by atoms with Crippen LogP contribution in [0.5, 0.6) is 5.75 Å². The molecule has 0 saturated heterocycles. The lowest BCUT2D eigenvalue weighted by Crippen LogP contribution is -2.41. The number of hydrogen-bond donors (Lipinski definition) is 1. The predicted octanol–water partition coefficient (Wildman–Crippen LogP) is 3.91. The van der Waals surface area contributed by atoms with Crippen LogP contribution in [-0.2, 0) is 0 Å². The molecule has 1 aliphatic carbocycles. The second-order valence-corrected chi connectivity index (χ2v) is 5.51. The molecule has 0 aliphatic heterocycles. The highest BCUT2D eigenvalue weighted by Crippen LogP contribution is 2.33. The summed E-state index contributed by atoms with van der Waals surface area (Å²) in [5, 5.41) is 12.1. The highest BCUT2D eigenvalue weighted by Gasteiger charge is 2.33. The molecule has 0 spiro atoms. The van der Waals surface area contributed by atoms with Gasteiger partial charge in [-0.25, -0.2) is 0 Å². The standard InChI is InChI=1S/C17H20O2/c18-13-17(10-4-1-5-11-17)19-16-9-8-14-6-2-3-7-15(14)12-16/h2-3,6-9,12,18H,1,4-5,10-11,13H2. The summed E-state index contributed by atoms with van der Waals surface area (Å²) in [6.07, 6.45) is 5.46. The minimum absolute atomic E-state index is 0.111. The van der Waals surface area contributed by atoms with Crippen molar-refractivity contribution in [3.05, 3.63) is 42.5 Å². The fourth-order valence-corrected chi connectivity index (χ4v) is 2.97. The van der Waals surface area contributed by atoms with E-state index in [9.17, 15) is 5.11 Å². The van der Waals surface area contributed by atoms with Gasteiger partial charge in [0.1, 0.15) is 11.4 Å². The van der Waals surface area contributed by atoms with Crippen molar-refractivity contribution < 1.29 is 9.84 Å². The van der Waals surface area contributed by atoms with E-state index < -0.39 is 0 Å². The Morgan fingerprint density at radius 3 is 2.42 bits per heavy atom. The van der Waals surface area contributed by atoms with E-state index in [0.717, 1.165) is 31.4 Å². The first kappa shape index (κ1) is 12.5. The third-order valence-corrected chi connectivity index (χ3v) is 4.11. The topological polar surface area (TPSA) is 29.5 Å². The van der Waals surface area contributed by atoms with Crippen LogP contribution in [0.1, 0.15) is 32.1 Å². The number of rotatable bonds is 3. The molecular formula is C17H20O2. The highest BCUT2D eigenvalue weighted by molar-refractivity contribution is 5.83. The third-order valence-electron chi connectivity index (χ3n) is 4.11. The minimum atomic E-state index is -0.360. The molecule has 2 nitrogen and oxygen atoms in total. The van der Waals surface area contributed by atoms with Crippen LogP contribution in [0.4, 0.5) is 0 Å². The Kier molecular flexibility index (Phi) is 3.43. The SMILES string of the molecule is OCC1(Oc2ccc3ccccc3c2)CCCCC1. The molecule has 1 saturated carbocycles. The van der Waals surface area contributed by atoms with Gasteiger partial charge < -0.3 is 9.84 Å². The Bertz CT molecular complexity index is 556. The van der Waals surface area contributed by atoms with E-state index in [-0.39, 0.29) is 12.2 Å². The first-order valence-corrected chi connectivity index (χ1v) is 7.10. The van der Waals surface area contributed by atoms with E-state index >= 15 is 0 Å². The zero-order valence-corrected chi connectivity index (χ0v) is 11.1. The molecule has 1 aliphatic rings. The van der Waals surface area contributed by atoms with Crippen molar-refractivity contribution in [3.8, 4) is 5.75 Å². The molecule has 0 bridgehead atoms. The van der Waals surface area contributed by atoms with Crippen LogP contribution in [0.2, 0.25) is 0 Å². The number of ether oxygens (including phenoxy) is 1. The van der Waals surface area contributed by atoms with Crippen LogP contribution in [0, 0.1) is 0 Å². The van der Waals surface area contributed by atoms with Gasteiger partial charge in [0, 0.05) is 0 Å². The molecule has 0 radical (unpaired) electrons. The number of aliphatic hydroxyl groups is 1. The molecular weight excluding hydrogens is 236 g/mol. The number of fused-ring (bicyclic) bond motifs is 1. The molecule has 0 amide bonds. The Morgan fingerprint density at radius 1 is 0.947 bits per heavy atom. The monoisotopic (exact) mass is 256 g/mol. The van der Waals surface area contributed by atoms with Gasteiger partial charge in [0.15, 0.2) is 0 Å². The predicted molar refractivity (Wildman–Crippen MR) is 77.5 cm³/mol. The quantitative estimate of drug-likeness (QED) is 0.902. The summed E-state index contributed by atoms with van der Waals surface area (Å²) in [5.74, 6) is 0.870. The first-order chi connectivity index (χ1) is 9.31. The van der Waals surface area contributed by atoms with Crippen molar-refractivity contribution in [1.82, 2.24) is 0 Å². The summed E-state index contributed by atoms with van der Waals surface area (Å²) in [4.78, 5) is 0. The molecule has 19 heavy (non-hydrogen) atoms. The lowest BCUT2D eigenvalue weighted by molar-refractivity contribution is -0.0197. The molecule has 1 N–H and O–H groups in total. The zero-order valence-electron chi connectivity index (χ0n) is 11.1. The van der Waals surface area contributed by atoms with Gasteiger partial charge in [0.2, 0.25) is 0 Å². The van der Waals surface area contributed by atoms with Crippen LogP contribution in [0.15, 0.2) is 42.5 Å². The highest BCUT2D eigenvalue weighted by atomic mass is 16.5. The van der Waals surface area contributed by atoms with E-state index in [1.165, 1.54) is 17.2 Å². The Balaban J connectivity index is 1.87. The second-order valence-electron chi connectivity index (χ2n) is 5.51. The van der Waals surface area contributed by atoms with E-state index in [1.807, 2.05) is 18.2 Å². The van der Waals surface area contributed by atoms with E-state index in [4.69, 9.17) is 4.74 Å². The number of aliphatic hydroxyl groups excluding tert-OH is 1. The van der Waals surface area contributed by atoms with Crippen molar-refractivity contribution in [2.45, 2.75) is 37.7 Å². The fraction of sp³-hybridized carbons (Fsp3) is 0.412. The lowest BCUT2D eigenvalue weighted by Gasteiger charge is -2.36. The van der Waals surface area contributed by atoms with Crippen molar-refractivity contribution in [2.75, 3.05) is 6.61 Å². The smallest absolute Gasteiger partial charge is 0.132 e. The molecule has 2 heteroatoms. The van der Waals surface area contributed by atoms with Crippen LogP contribution in [-0.4, -0.2) is 17.3 Å². The summed E-state index contributed by atoms with van der Waals surface area (Å²) in [7, 11) is 0. The van der Waals surface area contributed by atoms with Gasteiger partial charge in [-0.3, -0.25) is 0 Å². The van der Waals surface area contributed by atoms with Crippen LogP contribution in [0.25, 0.3) is 10.8 Å². The van der Waals surface area contributed by atoms with Gasteiger partial charge in [-0.15, -0.1) is 0 Å². The van der Waals surface area contributed by atoms with Crippen LogP contribution < -0.4 is 4.74 Å². The second kappa shape index (κ2) is 5.22. The molecule has 3 rings (SSSR count). The average molecular weight is 256 g/mol. The summed E-state index contributed by atoms with van der Waals surface area (Å²) in [5.41, 5.74) is -0.360. The van der Waals surface area contributed by atoms with Gasteiger partial charge in [0.25, 0.3) is 0 Å². The van der Waals surface area contributed by atoms with Gasteiger partial charge in [-0.05, 0) is 48.6 Å². The fourth-order valence-electron chi connectivity index (χ4n) is 2.97. The normalized spacial score (nSPS) is 18.4.